The summed E-state index contributed by atoms with van der Waals surface area (Å²) in [4.78, 5) is 9.93. The van der Waals surface area contributed by atoms with Crippen molar-refractivity contribution in [3.63, 3.8) is 0 Å². The molecule has 0 fully saturated rings. The predicted molar refractivity (Wildman–Crippen MR) is 54.9 cm³/mol. The number of carboxylic acids is 1. The van der Waals surface area contributed by atoms with Crippen molar-refractivity contribution >= 4 is 29.2 Å². The van der Waals surface area contributed by atoms with Gasteiger partial charge in [-0.3, -0.25) is 0 Å². The molecule has 14 heavy (non-hydrogen) atoms. The second-order valence-electron chi connectivity index (χ2n) is 3.11. The largest absolute Gasteiger partial charge is 1.00 e. The Labute approximate surface area is 119 Å². The third-order valence-corrected chi connectivity index (χ3v) is 1.41. The zero-order valence-electron chi connectivity index (χ0n) is 9.19. The van der Waals surface area contributed by atoms with Crippen molar-refractivity contribution in [2.45, 2.75) is 39.5 Å². The molecule has 0 rings (SSSR count). The van der Waals surface area contributed by atoms with Gasteiger partial charge in [-0.25, -0.2) is 0 Å². The van der Waals surface area contributed by atoms with Crippen molar-refractivity contribution in [2.75, 3.05) is 5.34 Å². The zero-order chi connectivity index (χ0) is 10.7. The number of hydrogen-bond acceptors (Lipinski definition) is 2. The van der Waals surface area contributed by atoms with Crippen LogP contribution in [-0.2, 0) is 4.79 Å². The first-order valence-corrected chi connectivity index (χ1v) is 5.43. The third kappa shape index (κ3) is 29.2. The predicted octanol–water partition coefficient (Wildman–Crippen LogP) is -0.622. The maximum absolute atomic E-state index is 9.93. The number of unbranched alkanes of at least 4 members (excludes halogenated alkanes) is 1. The molecule has 0 bridgehead atoms. The molecule has 0 saturated carbocycles. The van der Waals surface area contributed by atoms with Crippen molar-refractivity contribution in [3.8, 4) is 0 Å². The minimum absolute atomic E-state index is 0. The van der Waals surface area contributed by atoms with Crippen molar-refractivity contribution < 1.29 is 39.5 Å². The number of carbonyl (C=O) groups is 1. The molecule has 80 valence electrons. The Balaban J connectivity index is -0.000000267. The summed E-state index contributed by atoms with van der Waals surface area (Å²) < 4.78 is 0. The average molecular weight is 251 g/mol. The summed E-state index contributed by atoms with van der Waals surface area (Å²) >= 11 is 9.53. The summed E-state index contributed by atoms with van der Waals surface area (Å²) in [6.45, 7) is 4.28. The van der Waals surface area contributed by atoms with Crippen molar-refractivity contribution in [3.05, 3.63) is 0 Å². The van der Waals surface area contributed by atoms with Crippen molar-refractivity contribution in [1.82, 2.24) is 0 Å². The molecule has 2 nitrogen and oxygen atoms in total. The second kappa shape index (κ2) is 16.5. The minimum Gasteiger partial charge on any atom is -0.550 e. The minimum atomic E-state index is -0.927. The van der Waals surface area contributed by atoms with E-state index in [0.29, 0.717) is 5.92 Å². The molecular formula is C9H17Cl2NaO2. The number of hydrogen-bond donors (Lipinski definition) is 0. The van der Waals surface area contributed by atoms with Crippen LogP contribution in [0.4, 0.5) is 0 Å². The standard InChI is InChI=1S/C8H16O2.CH2Cl2.Na/c1-7(2)5-3-4-6-8(9)10;2-1-3;/h7H,3-6H2,1-2H3,(H,9,10);1H2;/q;;+1/p-1. The van der Waals surface area contributed by atoms with Crippen LogP contribution in [-0.4, -0.2) is 11.3 Å². The van der Waals surface area contributed by atoms with Gasteiger partial charge in [-0.05, 0) is 18.8 Å². The zero-order valence-corrected chi connectivity index (χ0v) is 12.7. The van der Waals surface area contributed by atoms with E-state index >= 15 is 0 Å². The van der Waals surface area contributed by atoms with Crippen molar-refractivity contribution in [1.29, 1.82) is 0 Å². The molecule has 0 saturated heterocycles. The molecular weight excluding hydrogens is 234 g/mol. The van der Waals surface area contributed by atoms with Gasteiger partial charge in [0.05, 0.1) is 5.34 Å². The molecule has 0 atom stereocenters. The second-order valence-corrected chi connectivity index (χ2v) is 3.92. The quantitative estimate of drug-likeness (QED) is 0.371. The van der Waals surface area contributed by atoms with Gasteiger partial charge >= 0.3 is 29.6 Å². The molecule has 0 heterocycles. The smallest absolute Gasteiger partial charge is 0.550 e. The Morgan fingerprint density at radius 2 is 1.71 bits per heavy atom. The van der Waals surface area contributed by atoms with Gasteiger partial charge in [-0.2, -0.15) is 0 Å². The SMILES string of the molecule is CC(C)CCCCC(=O)[O-].ClCCl.[Na+]. The van der Waals surface area contributed by atoms with Crippen LogP contribution in [0, 0.1) is 5.92 Å². The van der Waals surface area contributed by atoms with Gasteiger partial charge in [-0.1, -0.05) is 26.7 Å². The van der Waals surface area contributed by atoms with E-state index in [1.807, 2.05) is 0 Å². The number of carbonyl (C=O) groups excluding carboxylic acids is 1. The summed E-state index contributed by atoms with van der Waals surface area (Å²) in [6, 6.07) is 0. The van der Waals surface area contributed by atoms with Gasteiger partial charge in [-0.15, -0.1) is 23.2 Å². The van der Waals surface area contributed by atoms with Crippen LogP contribution in [0.2, 0.25) is 0 Å². The Morgan fingerprint density at radius 3 is 2.00 bits per heavy atom. The van der Waals surface area contributed by atoms with Crippen LogP contribution in [0.5, 0.6) is 0 Å². The summed E-state index contributed by atoms with van der Waals surface area (Å²) in [5.74, 6) is -0.245. The van der Waals surface area contributed by atoms with Gasteiger partial charge in [0.25, 0.3) is 0 Å². The number of carboxylic acid groups (broad SMARTS) is 1. The average Bonchev–Trinajstić information content (AvgIpc) is 1.99. The summed E-state index contributed by atoms with van der Waals surface area (Å²) in [6.07, 6.45) is 3.10. The fourth-order valence-corrected chi connectivity index (χ4v) is 0.822. The Hall–Kier alpha value is 1.05. The summed E-state index contributed by atoms with van der Waals surface area (Å²) in [7, 11) is 0. The maximum Gasteiger partial charge on any atom is 1.00 e. The molecule has 0 radical (unpaired) electrons. The number of alkyl halides is 2. The molecule has 0 amide bonds. The van der Waals surface area contributed by atoms with Crippen LogP contribution in [0.15, 0.2) is 0 Å². The maximum atomic E-state index is 9.93. The molecule has 0 aromatic heterocycles. The molecule has 5 heteroatoms. The number of halogens is 2. The van der Waals surface area contributed by atoms with E-state index in [9.17, 15) is 9.90 Å². The van der Waals surface area contributed by atoms with E-state index in [0.717, 1.165) is 19.3 Å². The van der Waals surface area contributed by atoms with Crippen LogP contribution in [0.25, 0.3) is 0 Å². The van der Waals surface area contributed by atoms with E-state index in [1.54, 1.807) is 0 Å². The molecule has 0 aliphatic rings. The van der Waals surface area contributed by atoms with Crippen LogP contribution in [0.1, 0.15) is 39.5 Å². The van der Waals surface area contributed by atoms with Gasteiger partial charge in [0.15, 0.2) is 0 Å². The first-order valence-electron chi connectivity index (χ1n) is 4.36. The van der Waals surface area contributed by atoms with E-state index in [1.165, 1.54) is 0 Å². The summed E-state index contributed by atoms with van der Waals surface area (Å²) in [5, 5.41) is 10.1. The molecule has 0 aliphatic heterocycles. The fraction of sp³-hybridized carbons (Fsp3) is 0.889. The topological polar surface area (TPSA) is 40.1 Å². The Morgan fingerprint density at radius 1 is 1.29 bits per heavy atom. The van der Waals surface area contributed by atoms with E-state index in [4.69, 9.17) is 23.2 Å². The monoisotopic (exact) mass is 250 g/mol. The van der Waals surface area contributed by atoms with E-state index in [2.05, 4.69) is 13.8 Å². The third-order valence-electron chi connectivity index (χ3n) is 1.41. The molecule has 0 aliphatic carbocycles. The van der Waals surface area contributed by atoms with E-state index in [-0.39, 0.29) is 41.3 Å². The number of aliphatic carboxylic acids is 1. The summed E-state index contributed by atoms with van der Waals surface area (Å²) in [5.41, 5.74) is 0. The molecule has 0 unspecified atom stereocenters. The van der Waals surface area contributed by atoms with Crippen LogP contribution >= 0.6 is 23.2 Å². The van der Waals surface area contributed by atoms with Crippen molar-refractivity contribution in [2.24, 2.45) is 5.92 Å². The van der Waals surface area contributed by atoms with Gasteiger partial charge < -0.3 is 9.90 Å². The van der Waals surface area contributed by atoms with Crippen LogP contribution in [0.3, 0.4) is 0 Å². The van der Waals surface area contributed by atoms with Gasteiger partial charge in [0, 0.05) is 5.97 Å². The van der Waals surface area contributed by atoms with Crippen LogP contribution < -0.4 is 34.7 Å². The first-order chi connectivity index (χ1) is 6.04. The molecule has 0 aromatic rings. The Kier molecular flexibility index (Phi) is 24.1. The molecule has 0 N–H and O–H groups in total. The Bertz CT molecular complexity index is 121. The molecule has 0 spiro atoms. The van der Waals surface area contributed by atoms with Gasteiger partial charge in [0.2, 0.25) is 0 Å². The van der Waals surface area contributed by atoms with E-state index < -0.39 is 5.97 Å². The van der Waals surface area contributed by atoms with Gasteiger partial charge in [0.1, 0.15) is 0 Å². The fourth-order valence-electron chi connectivity index (χ4n) is 0.822. The molecule has 0 aromatic carbocycles. The first kappa shape index (κ1) is 20.5. The normalized spacial score (nSPS) is 8.64. The number of rotatable bonds is 5.